The fourth-order valence-electron chi connectivity index (χ4n) is 1.71. The first-order valence-electron chi connectivity index (χ1n) is 4.98. The second-order valence-electron chi connectivity index (χ2n) is 3.81. The number of carbonyl (C=O) groups is 1. The van der Waals surface area contributed by atoms with Gasteiger partial charge in [-0.15, -0.1) is 0 Å². The Balaban J connectivity index is 2.82. The van der Waals surface area contributed by atoms with Crippen LogP contribution in [0.15, 0.2) is 23.0 Å². The van der Waals surface area contributed by atoms with E-state index < -0.39 is 28.8 Å². The second-order valence-corrected chi connectivity index (χ2v) is 3.81. The molecular formula is C11H7F3N2O3. The molecule has 0 aliphatic heterocycles. The zero-order chi connectivity index (χ0) is 14.4. The molecule has 4 N–H and O–H groups in total. The lowest BCUT2D eigenvalue weighted by Crippen LogP contribution is -2.20. The van der Waals surface area contributed by atoms with Gasteiger partial charge in [-0.25, -0.2) is 4.79 Å². The molecule has 1 aromatic heterocycles. The molecule has 8 heteroatoms. The number of benzene rings is 1. The molecule has 19 heavy (non-hydrogen) atoms. The van der Waals surface area contributed by atoms with E-state index in [1.54, 1.807) is 0 Å². The average Bonchev–Trinajstić information content (AvgIpc) is 2.26. The molecule has 5 nitrogen and oxygen atoms in total. The van der Waals surface area contributed by atoms with Crippen LogP contribution in [0.2, 0.25) is 0 Å². The summed E-state index contributed by atoms with van der Waals surface area (Å²) in [6.07, 6.45) is -4.56. The summed E-state index contributed by atoms with van der Waals surface area (Å²) >= 11 is 0. The van der Waals surface area contributed by atoms with E-state index in [4.69, 9.17) is 10.8 Å². The van der Waals surface area contributed by atoms with Gasteiger partial charge in [0, 0.05) is 5.39 Å². The van der Waals surface area contributed by atoms with Crippen LogP contribution in [0.4, 0.5) is 18.9 Å². The van der Waals surface area contributed by atoms with Gasteiger partial charge in [0.15, 0.2) is 0 Å². The van der Waals surface area contributed by atoms with Gasteiger partial charge in [-0.05, 0) is 12.1 Å². The normalized spacial score (nSPS) is 11.7. The molecule has 0 saturated heterocycles. The summed E-state index contributed by atoms with van der Waals surface area (Å²) in [6.45, 7) is 0. The molecule has 0 aliphatic rings. The molecular weight excluding hydrogens is 265 g/mol. The quantitative estimate of drug-likeness (QED) is 0.737. The number of H-pyrrole nitrogens is 1. The van der Waals surface area contributed by atoms with Crippen molar-refractivity contribution in [2.75, 3.05) is 5.73 Å². The van der Waals surface area contributed by atoms with Crippen molar-refractivity contribution in [3.63, 3.8) is 0 Å². The van der Waals surface area contributed by atoms with E-state index in [1.165, 1.54) is 0 Å². The van der Waals surface area contributed by atoms with Crippen LogP contribution < -0.4 is 11.3 Å². The third kappa shape index (κ3) is 2.12. The minimum absolute atomic E-state index is 0.0463. The predicted molar refractivity (Wildman–Crippen MR) is 60.9 cm³/mol. The predicted octanol–water partition coefficient (Wildman–Crippen LogP) is 1.83. The number of rotatable bonds is 1. The number of pyridine rings is 1. The second kappa shape index (κ2) is 4.01. The zero-order valence-electron chi connectivity index (χ0n) is 9.21. The first-order valence-corrected chi connectivity index (χ1v) is 4.98. The molecule has 0 bridgehead atoms. The highest BCUT2D eigenvalue weighted by atomic mass is 19.4. The molecule has 0 atom stereocenters. The molecule has 100 valence electrons. The molecule has 0 fully saturated rings. The maximum absolute atomic E-state index is 12.5. The van der Waals surface area contributed by atoms with Crippen LogP contribution in [0, 0.1) is 0 Å². The van der Waals surface area contributed by atoms with Crippen LogP contribution in [-0.4, -0.2) is 16.1 Å². The summed E-state index contributed by atoms with van der Waals surface area (Å²) in [5.41, 5.74) is 2.28. The minimum Gasteiger partial charge on any atom is -0.477 e. The number of nitrogens with two attached hydrogens (primary N) is 1. The van der Waals surface area contributed by atoms with E-state index in [2.05, 4.69) is 4.98 Å². The summed E-state index contributed by atoms with van der Waals surface area (Å²) in [5.74, 6) is -1.54. The van der Waals surface area contributed by atoms with Gasteiger partial charge in [0.25, 0.3) is 5.56 Å². The number of alkyl halides is 3. The Labute approximate surface area is 103 Å². The summed E-state index contributed by atoms with van der Waals surface area (Å²) < 4.78 is 37.5. The summed E-state index contributed by atoms with van der Waals surface area (Å²) in [4.78, 5) is 24.4. The van der Waals surface area contributed by atoms with Crippen molar-refractivity contribution in [3.05, 3.63) is 39.7 Å². The highest BCUT2D eigenvalue weighted by Gasteiger charge is 2.31. The monoisotopic (exact) mass is 272 g/mol. The molecule has 0 unspecified atom stereocenters. The summed E-state index contributed by atoms with van der Waals surface area (Å²) in [5, 5.41) is 8.86. The molecule has 1 aromatic carbocycles. The maximum Gasteiger partial charge on any atom is 0.416 e. The molecule has 0 radical (unpaired) electrons. The molecule has 0 saturated carbocycles. The van der Waals surface area contributed by atoms with E-state index >= 15 is 0 Å². The third-order valence-corrected chi connectivity index (χ3v) is 2.60. The number of hydrogen-bond acceptors (Lipinski definition) is 3. The van der Waals surface area contributed by atoms with Crippen molar-refractivity contribution in [1.29, 1.82) is 0 Å². The number of hydrogen-bond donors (Lipinski definition) is 3. The van der Waals surface area contributed by atoms with Crippen LogP contribution in [0.3, 0.4) is 0 Å². The molecule has 0 aliphatic carbocycles. The summed E-state index contributed by atoms with van der Waals surface area (Å²) in [6, 6.07) is 2.50. The number of halogens is 3. The van der Waals surface area contributed by atoms with Crippen molar-refractivity contribution in [2.45, 2.75) is 6.18 Å². The van der Waals surface area contributed by atoms with Crippen molar-refractivity contribution >= 4 is 22.6 Å². The number of aromatic carboxylic acids is 1. The van der Waals surface area contributed by atoms with Crippen LogP contribution in [0.5, 0.6) is 0 Å². The number of nitrogen functional groups attached to an aromatic ring is 1. The fourth-order valence-corrected chi connectivity index (χ4v) is 1.71. The van der Waals surface area contributed by atoms with Gasteiger partial charge >= 0.3 is 12.1 Å². The van der Waals surface area contributed by atoms with Crippen molar-refractivity contribution in [1.82, 2.24) is 4.98 Å². The molecule has 0 amide bonds. The number of nitrogens with one attached hydrogen (secondary N) is 1. The van der Waals surface area contributed by atoms with E-state index in [9.17, 15) is 22.8 Å². The number of aromatic amines is 1. The SMILES string of the molecule is Nc1c(C(=O)O)c(=O)[nH]c2cc(C(F)(F)F)ccc12. The van der Waals surface area contributed by atoms with Crippen molar-refractivity contribution in [3.8, 4) is 0 Å². The largest absolute Gasteiger partial charge is 0.477 e. The first-order chi connectivity index (χ1) is 8.71. The minimum atomic E-state index is -4.56. The van der Waals surface area contributed by atoms with Crippen LogP contribution in [0.1, 0.15) is 15.9 Å². The van der Waals surface area contributed by atoms with E-state index in [1.807, 2.05) is 0 Å². The molecule has 1 heterocycles. The van der Waals surface area contributed by atoms with Crippen LogP contribution >= 0.6 is 0 Å². The van der Waals surface area contributed by atoms with Crippen LogP contribution in [0.25, 0.3) is 10.9 Å². The maximum atomic E-state index is 12.5. The highest BCUT2D eigenvalue weighted by molar-refractivity contribution is 6.03. The Morgan fingerprint density at radius 2 is 1.95 bits per heavy atom. The number of aromatic nitrogens is 1. The Hall–Kier alpha value is -2.51. The third-order valence-electron chi connectivity index (χ3n) is 2.60. The standard InChI is InChI=1S/C11H7F3N2O3/c12-11(13,14)4-1-2-5-6(3-4)16-9(17)7(8(5)15)10(18)19/h1-3H,(H,18,19)(H3,15,16,17). The van der Waals surface area contributed by atoms with Gasteiger partial charge in [0.1, 0.15) is 5.56 Å². The van der Waals surface area contributed by atoms with Gasteiger partial charge < -0.3 is 15.8 Å². The lowest BCUT2D eigenvalue weighted by atomic mass is 10.1. The number of carboxylic acids is 1. The number of fused-ring (bicyclic) bond motifs is 1. The zero-order valence-corrected chi connectivity index (χ0v) is 9.21. The fraction of sp³-hybridized carbons (Fsp3) is 0.0909. The molecule has 2 rings (SSSR count). The van der Waals surface area contributed by atoms with Gasteiger partial charge in [-0.1, -0.05) is 6.07 Å². The lowest BCUT2D eigenvalue weighted by molar-refractivity contribution is -0.137. The van der Waals surface area contributed by atoms with E-state index in [0.29, 0.717) is 6.07 Å². The van der Waals surface area contributed by atoms with Gasteiger partial charge in [-0.2, -0.15) is 13.2 Å². The van der Waals surface area contributed by atoms with Gasteiger partial charge in [-0.3, -0.25) is 4.79 Å². The Bertz CT molecular complexity index is 734. The van der Waals surface area contributed by atoms with Crippen molar-refractivity contribution in [2.24, 2.45) is 0 Å². The van der Waals surface area contributed by atoms with E-state index in [0.717, 1.165) is 12.1 Å². The average molecular weight is 272 g/mol. The Morgan fingerprint density at radius 1 is 1.32 bits per heavy atom. The highest BCUT2D eigenvalue weighted by Crippen LogP contribution is 2.32. The number of anilines is 1. The molecule has 0 spiro atoms. The van der Waals surface area contributed by atoms with Gasteiger partial charge in [0.2, 0.25) is 0 Å². The number of carboxylic acid groups (broad SMARTS) is 1. The van der Waals surface area contributed by atoms with Crippen molar-refractivity contribution < 1.29 is 23.1 Å². The first kappa shape index (κ1) is 12.9. The Kier molecular flexibility index (Phi) is 2.73. The topological polar surface area (TPSA) is 96.2 Å². The smallest absolute Gasteiger partial charge is 0.416 e. The lowest BCUT2D eigenvalue weighted by Gasteiger charge is -2.09. The van der Waals surface area contributed by atoms with Crippen LogP contribution in [-0.2, 0) is 6.18 Å². The Morgan fingerprint density at radius 3 is 2.47 bits per heavy atom. The van der Waals surface area contributed by atoms with E-state index in [-0.39, 0.29) is 16.6 Å². The van der Waals surface area contributed by atoms with Gasteiger partial charge in [0.05, 0.1) is 16.8 Å². The molecule has 2 aromatic rings. The summed E-state index contributed by atoms with van der Waals surface area (Å²) in [7, 11) is 0.